The number of nitrogens with one attached hydrogen (secondary N) is 1. The summed E-state index contributed by atoms with van der Waals surface area (Å²) in [6.07, 6.45) is 1.10. The van der Waals surface area contributed by atoms with Crippen molar-refractivity contribution in [2.24, 2.45) is 5.14 Å². The summed E-state index contributed by atoms with van der Waals surface area (Å²) in [7, 11) is -7.03. The van der Waals surface area contributed by atoms with Crippen LogP contribution in [0.5, 0.6) is 0 Å². The molecule has 1 aromatic rings. The third-order valence-corrected chi connectivity index (χ3v) is 4.00. The second-order valence-corrected chi connectivity index (χ2v) is 7.65. The van der Waals surface area contributed by atoms with Crippen LogP contribution in [0.2, 0.25) is 0 Å². The van der Waals surface area contributed by atoms with Crippen molar-refractivity contribution >= 4 is 31.2 Å². The molecule has 1 aromatic carbocycles. The fourth-order valence-electron chi connectivity index (χ4n) is 1.29. The zero-order valence-corrected chi connectivity index (χ0v) is 11.4. The number of hydrogen-bond acceptors (Lipinski definition) is 6. The first kappa shape index (κ1) is 14.7. The van der Waals surface area contributed by atoms with Gasteiger partial charge in [0.05, 0.1) is 11.4 Å². The number of primary sulfonamides is 1. The van der Waals surface area contributed by atoms with Crippen LogP contribution in [0.15, 0.2) is 23.1 Å². The van der Waals surface area contributed by atoms with E-state index in [4.69, 9.17) is 10.9 Å². The molecule has 0 saturated heterocycles. The highest BCUT2D eigenvalue weighted by atomic mass is 32.2. The molecule has 0 spiro atoms. The summed E-state index contributed by atoms with van der Waals surface area (Å²) in [6.45, 7) is 0.0886. The van der Waals surface area contributed by atoms with E-state index in [-0.39, 0.29) is 28.6 Å². The van der Waals surface area contributed by atoms with E-state index in [1.165, 1.54) is 18.2 Å². The maximum atomic E-state index is 11.3. The molecule has 5 N–H and O–H groups in total. The third-order valence-electron chi connectivity index (χ3n) is 2.10. The van der Waals surface area contributed by atoms with Crippen LogP contribution in [-0.2, 0) is 19.9 Å². The molecule has 0 amide bonds. The summed E-state index contributed by atoms with van der Waals surface area (Å²) in [5.41, 5.74) is 5.97. The molecular formula is C9H15N3O4S2. The molecule has 9 heteroatoms. The lowest BCUT2D eigenvalue weighted by molar-refractivity contribution is 0.598. The van der Waals surface area contributed by atoms with Crippen LogP contribution in [0.1, 0.15) is 0 Å². The van der Waals surface area contributed by atoms with Gasteiger partial charge in [0.1, 0.15) is 14.7 Å². The van der Waals surface area contributed by atoms with Crippen molar-refractivity contribution in [3.05, 3.63) is 18.2 Å². The lowest BCUT2D eigenvalue weighted by atomic mass is 10.3. The fourth-order valence-corrected chi connectivity index (χ4v) is 2.51. The summed E-state index contributed by atoms with van der Waals surface area (Å²) in [6, 6.07) is 4.16. The van der Waals surface area contributed by atoms with Gasteiger partial charge in [0.25, 0.3) is 0 Å². The molecule has 0 bridgehead atoms. The number of anilines is 2. The first-order valence-corrected chi connectivity index (χ1v) is 8.54. The molecule has 0 radical (unpaired) electrons. The van der Waals surface area contributed by atoms with E-state index in [1.807, 2.05) is 0 Å². The second kappa shape index (κ2) is 5.12. The van der Waals surface area contributed by atoms with Crippen molar-refractivity contribution in [3.63, 3.8) is 0 Å². The van der Waals surface area contributed by atoms with E-state index in [1.54, 1.807) is 0 Å². The van der Waals surface area contributed by atoms with Gasteiger partial charge in [-0.3, -0.25) is 0 Å². The van der Waals surface area contributed by atoms with Crippen LogP contribution in [-0.4, -0.2) is 35.4 Å². The molecule has 0 aliphatic carbocycles. The van der Waals surface area contributed by atoms with E-state index in [2.05, 4.69) is 5.32 Å². The number of sulfonamides is 1. The highest BCUT2D eigenvalue weighted by Gasteiger charge is 2.14. The summed E-state index contributed by atoms with van der Waals surface area (Å²) in [5, 5.41) is 7.75. The maximum absolute atomic E-state index is 11.3. The molecule has 0 atom stereocenters. The third kappa shape index (κ3) is 4.51. The SMILES string of the molecule is CS(=O)(=O)CCNc1ccc(N)cc1S(N)(=O)=O. The first-order chi connectivity index (χ1) is 8.09. The standard InChI is InChI=1S/C9H15N3O4S2/c1-17(13,14)5-4-12-8-3-2-7(10)6-9(8)18(11,15)16/h2-3,6,12H,4-5,10H2,1H3,(H2,11,15,16). The minimum Gasteiger partial charge on any atom is -0.399 e. The van der Waals surface area contributed by atoms with Crippen LogP contribution in [0.25, 0.3) is 0 Å². The van der Waals surface area contributed by atoms with Crippen molar-refractivity contribution in [2.75, 3.05) is 29.6 Å². The molecule has 0 heterocycles. The number of nitrogen functional groups attached to an aromatic ring is 1. The van der Waals surface area contributed by atoms with Crippen molar-refractivity contribution in [3.8, 4) is 0 Å². The molecular weight excluding hydrogens is 278 g/mol. The predicted octanol–water partition coefficient (Wildman–Crippen LogP) is -0.627. The molecule has 0 aliphatic rings. The number of rotatable bonds is 5. The molecule has 102 valence electrons. The Bertz CT molecular complexity index is 638. The Kier molecular flexibility index (Phi) is 4.20. The zero-order chi connectivity index (χ0) is 14.0. The summed E-state index contributed by atoms with van der Waals surface area (Å²) in [4.78, 5) is -0.156. The summed E-state index contributed by atoms with van der Waals surface area (Å²) in [5.74, 6) is -0.110. The van der Waals surface area contributed by atoms with Gasteiger partial charge >= 0.3 is 0 Å². The van der Waals surface area contributed by atoms with Crippen LogP contribution in [0, 0.1) is 0 Å². The van der Waals surface area contributed by atoms with Gasteiger partial charge in [0.2, 0.25) is 10.0 Å². The van der Waals surface area contributed by atoms with Gasteiger partial charge in [-0.1, -0.05) is 0 Å². The monoisotopic (exact) mass is 293 g/mol. The molecule has 18 heavy (non-hydrogen) atoms. The van der Waals surface area contributed by atoms with Gasteiger partial charge < -0.3 is 11.1 Å². The predicted molar refractivity (Wildman–Crippen MR) is 70.4 cm³/mol. The van der Waals surface area contributed by atoms with E-state index in [0.29, 0.717) is 0 Å². The Morgan fingerprint density at radius 1 is 1.22 bits per heavy atom. The molecule has 0 aliphatic heterocycles. The fraction of sp³-hybridized carbons (Fsp3) is 0.333. The van der Waals surface area contributed by atoms with Gasteiger partial charge in [-0.15, -0.1) is 0 Å². The Balaban J connectivity index is 2.96. The lowest BCUT2D eigenvalue weighted by Crippen LogP contribution is -2.18. The topological polar surface area (TPSA) is 132 Å². The normalized spacial score (nSPS) is 12.3. The first-order valence-electron chi connectivity index (χ1n) is 4.93. The van der Waals surface area contributed by atoms with Crippen LogP contribution >= 0.6 is 0 Å². The van der Waals surface area contributed by atoms with Gasteiger partial charge in [0.15, 0.2) is 0 Å². The Labute approximate surface area is 106 Å². The Morgan fingerprint density at radius 2 is 1.83 bits per heavy atom. The molecule has 7 nitrogen and oxygen atoms in total. The average molecular weight is 293 g/mol. The Hall–Kier alpha value is -1.32. The van der Waals surface area contributed by atoms with Gasteiger partial charge in [-0.05, 0) is 18.2 Å². The number of sulfone groups is 1. The zero-order valence-electron chi connectivity index (χ0n) is 9.75. The molecule has 1 rings (SSSR count). The van der Waals surface area contributed by atoms with E-state index in [0.717, 1.165) is 6.26 Å². The van der Waals surface area contributed by atoms with Crippen LogP contribution < -0.4 is 16.2 Å². The van der Waals surface area contributed by atoms with Gasteiger partial charge in [0, 0.05) is 18.5 Å². The van der Waals surface area contributed by atoms with Crippen LogP contribution in [0.4, 0.5) is 11.4 Å². The number of benzene rings is 1. The summed E-state index contributed by atoms with van der Waals surface area (Å²) < 4.78 is 44.6. The minimum absolute atomic E-state index is 0.0886. The molecule has 0 fully saturated rings. The molecule has 0 unspecified atom stereocenters. The Morgan fingerprint density at radius 3 is 2.33 bits per heavy atom. The number of hydrogen-bond donors (Lipinski definition) is 3. The van der Waals surface area contributed by atoms with Crippen molar-refractivity contribution in [1.82, 2.24) is 0 Å². The highest BCUT2D eigenvalue weighted by Crippen LogP contribution is 2.22. The lowest BCUT2D eigenvalue weighted by Gasteiger charge is -2.10. The van der Waals surface area contributed by atoms with Crippen molar-refractivity contribution < 1.29 is 16.8 Å². The second-order valence-electron chi connectivity index (χ2n) is 3.86. The molecule has 0 aromatic heterocycles. The van der Waals surface area contributed by atoms with Crippen molar-refractivity contribution in [1.29, 1.82) is 0 Å². The van der Waals surface area contributed by atoms with E-state index in [9.17, 15) is 16.8 Å². The van der Waals surface area contributed by atoms with Crippen LogP contribution in [0.3, 0.4) is 0 Å². The smallest absolute Gasteiger partial charge is 0.240 e. The summed E-state index contributed by atoms with van der Waals surface area (Å²) >= 11 is 0. The minimum atomic E-state index is -3.91. The molecule has 0 saturated carbocycles. The quantitative estimate of drug-likeness (QED) is 0.619. The average Bonchev–Trinajstić information content (AvgIpc) is 2.17. The number of nitrogens with two attached hydrogens (primary N) is 2. The van der Waals surface area contributed by atoms with E-state index >= 15 is 0 Å². The van der Waals surface area contributed by atoms with Gasteiger partial charge in [-0.2, -0.15) is 0 Å². The maximum Gasteiger partial charge on any atom is 0.240 e. The van der Waals surface area contributed by atoms with E-state index < -0.39 is 19.9 Å². The van der Waals surface area contributed by atoms with Gasteiger partial charge in [-0.25, -0.2) is 22.0 Å². The van der Waals surface area contributed by atoms with Crippen molar-refractivity contribution in [2.45, 2.75) is 4.90 Å². The largest absolute Gasteiger partial charge is 0.399 e. The highest BCUT2D eigenvalue weighted by molar-refractivity contribution is 7.90.